The van der Waals surface area contributed by atoms with Gasteiger partial charge in [-0.05, 0) is 83.5 Å². The summed E-state index contributed by atoms with van der Waals surface area (Å²) in [5.74, 6) is 1.06. The lowest BCUT2D eigenvalue weighted by molar-refractivity contribution is -0.150. The van der Waals surface area contributed by atoms with Gasteiger partial charge in [-0.1, -0.05) is 6.08 Å². The largest absolute Gasteiger partial charge is 0.496 e. The molecule has 3 aromatic rings. The maximum Gasteiger partial charge on any atom is 0.334 e. The molecule has 0 radical (unpaired) electrons. The maximum atomic E-state index is 14.7. The molecule has 0 bridgehead atoms. The van der Waals surface area contributed by atoms with E-state index in [4.69, 9.17) is 14.2 Å². The molecule has 0 N–H and O–H groups in total. The molecular weight excluding hydrogens is 611 g/mol. The second-order valence-electron chi connectivity index (χ2n) is 13.9. The van der Waals surface area contributed by atoms with E-state index in [1.54, 1.807) is 18.4 Å². The zero-order valence-electron chi connectivity index (χ0n) is 28.3. The molecule has 2 aromatic heterocycles. The van der Waals surface area contributed by atoms with Crippen molar-refractivity contribution in [3.63, 3.8) is 0 Å². The number of nitrogens with zero attached hydrogens (tertiary/aromatic N) is 3. The molecule has 0 unspecified atom stereocenters. The Bertz CT molecular complexity index is 1830. The molecule has 1 aromatic carbocycles. The molecule has 5 heterocycles. The molecular formula is C38H43N3O5S. The first-order valence-electron chi connectivity index (χ1n) is 16.1. The van der Waals surface area contributed by atoms with Crippen LogP contribution in [-0.4, -0.2) is 59.3 Å². The van der Waals surface area contributed by atoms with Gasteiger partial charge in [-0.25, -0.2) is 4.79 Å². The standard InChI is InChI=1S/C38H43N3O5S/c1-37(2,3)46-36(43)25-10-8-17-41(38(4,5)15-12-25)35(42)28-11-9-16-40(27-14-19-47-24-27)34-30-20-29(26-13-18-39(6)22-26)32(44-7)21-33(30)45-23-31(28)34/h9,12-14,18-22,24H,8,10,15-17,23H2,1-7H3/b25-12-. The number of aromatic nitrogens is 1. The van der Waals surface area contributed by atoms with Crippen molar-refractivity contribution >= 4 is 34.6 Å². The van der Waals surface area contributed by atoms with Crippen molar-refractivity contribution in [3.8, 4) is 22.6 Å². The van der Waals surface area contributed by atoms with E-state index in [2.05, 4.69) is 59.6 Å². The van der Waals surface area contributed by atoms with Crippen LogP contribution in [0, 0.1) is 0 Å². The minimum absolute atomic E-state index is 0.0936. The smallest absolute Gasteiger partial charge is 0.334 e. The maximum absolute atomic E-state index is 14.7. The number of carbonyl (C=O) groups is 2. The highest BCUT2D eigenvalue weighted by Crippen LogP contribution is 2.46. The van der Waals surface area contributed by atoms with Gasteiger partial charge in [0, 0.05) is 77.4 Å². The van der Waals surface area contributed by atoms with Crippen molar-refractivity contribution in [2.24, 2.45) is 7.05 Å². The molecule has 0 saturated carbocycles. The number of methoxy groups -OCH3 is 1. The summed E-state index contributed by atoms with van der Waals surface area (Å²) in [6, 6.07) is 8.24. The zero-order valence-corrected chi connectivity index (χ0v) is 29.1. The average molecular weight is 654 g/mol. The lowest BCUT2D eigenvalue weighted by Gasteiger charge is -2.40. The summed E-state index contributed by atoms with van der Waals surface area (Å²) in [5.41, 5.74) is 9.12. The van der Waals surface area contributed by atoms with E-state index in [9.17, 15) is 9.59 Å². The summed E-state index contributed by atoms with van der Waals surface area (Å²) in [4.78, 5) is 31.8. The van der Waals surface area contributed by atoms with Gasteiger partial charge in [-0.3, -0.25) is 4.79 Å². The van der Waals surface area contributed by atoms with E-state index in [0.717, 1.165) is 39.4 Å². The van der Waals surface area contributed by atoms with Crippen LogP contribution in [0.15, 0.2) is 82.0 Å². The Morgan fingerprint density at radius 3 is 2.62 bits per heavy atom. The van der Waals surface area contributed by atoms with Gasteiger partial charge in [0.2, 0.25) is 0 Å². The van der Waals surface area contributed by atoms with Crippen LogP contribution in [0.3, 0.4) is 0 Å². The first kappa shape index (κ1) is 32.5. The van der Waals surface area contributed by atoms with Crippen LogP contribution in [0.2, 0.25) is 0 Å². The number of hydrogen-bond acceptors (Lipinski definition) is 7. The van der Waals surface area contributed by atoms with Crippen LogP contribution >= 0.6 is 11.3 Å². The Hall–Kier alpha value is -4.46. The number of rotatable bonds is 5. The molecule has 0 aliphatic carbocycles. The lowest BCUT2D eigenvalue weighted by atomic mass is 9.89. The van der Waals surface area contributed by atoms with Gasteiger partial charge in [0.05, 0.1) is 24.1 Å². The molecule has 0 saturated heterocycles. The highest BCUT2D eigenvalue weighted by Gasteiger charge is 2.38. The second kappa shape index (κ2) is 12.6. The minimum Gasteiger partial charge on any atom is -0.496 e. The van der Waals surface area contributed by atoms with Crippen LogP contribution in [0.1, 0.15) is 59.4 Å². The number of benzene rings is 1. The third-order valence-electron chi connectivity index (χ3n) is 8.79. The van der Waals surface area contributed by atoms with Crippen molar-refractivity contribution in [2.75, 3.05) is 31.7 Å². The van der Waals surface area contributed by atoms with E-state index in [1.165, 1.54) is 0 Å². The van der Waals surface area contributed by atoms with Gasteiger partial charge >= 0.3 is 5.97 Å². The van der Waals surface area contributed by atoms with Crippen molar-refractivity contribution in [2.45, 2.75) is 65.0 Å². The van der Waals surface area contributed by atoms with E-state index in [1.807, 2.05) is 61.7 Å². The fraction of sp³-hybridized carbons (Fsp3) is 0.395. The SMILES string of the molecule is COc1cc2c(cc1-c1ccn(C)c1)C1=C(CO2)C(C(=O)N2CCC/C(C(=O)OC(C)(C)C)=C/CC2(C)C)=C=CCN1c1ccsc1. The van der Waals surface area contributed by atoms with Crippen molar-refractivity contribution in [1.82, 2.24) is 9.47 Å². The summed E-state index contributed by atoms with van der Waals surface area (Å²) in [6.45, 7) is 11.0. The highest BCUT2D eigenvalue weighted by atomic mass is 32.1. The van der Waals surface area contributed by atoms with Crippen molar-refractivity contribution in [1.29, 1.82) is 0 Å². The summed E-state index contributed by atoms with van der Waals surface area (Å²) < 4.78 is 19.9. The normalized spacial score (nSPS) is 18.9. The number of esters is 1. The Morgan fingerprint density at radius 1 is 1.13 bits per heavy atom. The predicted octanol–water partition coefficient (Wildman–Crippen LogP) is 7.53. The number of amides is 1. The number of anilines is 1. The van der Waals surface area contributed by atoms with E-state index in [0.29, 0.717) is 49.2 Å². The fourth-order valence-corrected chi connectivity index (χ4v) is 7.05. The first-order chi connectivity index (χ1) is 22.4. The third-order valence-corrected chi connectivity index (χ3v) is 9.46. The van der Waals surface area contributed by atoms with Crippen LogP contribution in [-0.2, 0) is 21.4 Å². The number of thiophene rings is 1. The minimum atomic E-state index is -0.563. The topological polar surface area (TPSA) is 73.2 Å². The summed E-state index contributed by atoms with van der Waals surface area (Å²) in [5, 5.41) is 4.19. The molecule has 8 nitrogen and oxygen atoms in total. The summed E-state index contributed by atoms with van der Waals surface area (Å²) >= 11 is 1.64. The van der Waals surface area contributed by atoms with E-state index >= 15 is 0 Å². The Labute approximate surface area is 281 Å². The highest BCUT2D eigenvalue weighted by molar-refractivity contribution is 7.08. The van der Waals surface area contributed by atoms with Crippen molar-refractivity contribution in [3.05, 3.63) is 87.6 Å². The van der Waals surface area contributed by atoms with Crippen LogP contribution in [0.5, 0.6) is 11.5 Å². The lowest BCUT2D eigenvalue weighted by Crippen LogP contribution is -2.49. The van der Waals surface area contributed by atoms with E-state index in [-0.39, 0.29) is 18.5 Å². The van der Waals surface area contributed by atoms with Crippen molar-refractivity contribution < 1.29 is 23.8 Å². The summed E-state index contributed by atoms with van der Waals surface area (Å²) in [6.07, 6.45) is 9.69. The quantitative estimate of drug-likeness (QED) is 0.210. The average Bonchev–Trinajstić information content (AvgIpc) is 3.66. The molecule has 0 fully saturated rings. The van der Waals surface area contributed by atoms with Gasteiger partial charge in [0.25, 0.3) is 5.91 Å². The molecule has 9 heteroatoms. The Balaban J connectivity index is 1.42. The number of hydrogen-bond donors (Lipinski definition) is 0. The zero-order chi connectivity index (χ0) is 33.5. The summed E-state index contributed by atoms with van der Waals surface area (Å²) in [7, 11) is 3.67. The van der Waals surface area contributed by atoms with Gasteiger partial charge in [0.15, 0.2) is 0 Å². The molecule has 1 amide bonds. The van der Waals surface area contributed by atoms with Gasteiger partial charge in [-0.2, -0.15) is 11.3 Å². The van der Waals surface area contributed by atoms with Crippen LogP contribution in [0.25, 0.3) is 16.8 Å². The Morgan fingerprint density at radius 2 is 1.94 bits per heavy atom. The second-order valence-corrected chi connectivity index (χ2v) is 14.6. The molecule has 47 heavy (non-hydrogen) atoms. The molecule has 0 atom stereocenters. The number of ether oxygens (including phenoxy) is 3. The first-order valence-corrected chi connectivity index (χ1v) is 17.0. The molecule has 246 valence electrons. The monoisotopic (exact) mass is 653 g/mol. The molecule has 3 aliphatic heterocycles. The van der Waals surface area contributed by atoms with E-state index < -0.39 is 11.1 Å². The Kier molecular flexibility index (Phi) is 8.72. The van der Waals surface area contributed by atoms with Gasteiger partial charge in [-0.15, -0.1) is 5.73 Å². The third kappa shape index (κ3) is 6.55. The van der Waals surface area contributed by atoms with Crippen LogP contribution in [0.4, 0.5) is 5.69 Å². The van der Waals surface area contributed by atoms with Crippen LogP contribution < -0.4 is 14.4 Å². The molecule has 6 rings (SSSR count). The fourth-order valence-electron chi connectivity index (χ4n) is 6.41. The number of aryl methyl sites for hydroxylation is 1. The van der Waals surface area contributed by atoms with Gasteiger partial charge in [0.1, 0.15) is 23.7 Å². The number of carbonyl (C=O) groups excluding carboxylic acids is 2. The molecule has 3 aliphatic rings. The predicted molar refractivity (Wildman–Crippen MR) is 187 cm³/mol. The van der Waals surface area contributed by atoms with Gasteiger partial charge < -0.3 is 28.6 Å². The molecule has 0 spiro atoms. The number of fused-ring (bicyclic) bond motifs is 2.